The normalized spacial score (nSPS) is 10.7. The first kappa shape index (κ1) is 15.1. The van der Waals surface area contributed by atoms with Gasteiger partial charge in [0, 0.05) is 12.1 Å². The van der Waals surface area contributed by atoms with Crippen LogP contribution < -0.4 is 10.1 Å². The Bertz CT molecular complexity index is 822. The van der Waals surface area contributed by atoms with E-state index >= 15 is 0 Å². The Kier molecular flexibility index (Phi) is 4.28. The average molecular weight is 309 g/mol. The number of fused-ring (bicyclic) bond motifs is 1. The minimum Gasteiger partial charge on any atom is -0.497 e. The molecule has 118 valence electrons. The molecule has 0 unspecified atom stereocenters. The number of carbonyl (C=O) groups is 1. The van der Waals surface area contributed by atoms with Gasteiger partial charge in [0.05, 0.1) is 18.1 Å². The van der Waals surface area contributed by atoms with Crippen molar-refractivity contribution in [2.75, 3.05) is 12.4 Å². The molecule has 1 amide bonds. The first-order valence-electron chi connectivity index (χ1n) is 7.63. The largest absolute Gasteiger partial charge is 0.497 e. The maximum absolute atomic E-state index is 12.4. The van der Waals surface area contributed by atoms with Crippen LogP contribution in [0.1, 0.15) is 23.7 Å². The molecule has 3 aromatic rings. The van der Waals surface area contributed by atoms with Crippen LogP contribution in [0.4, 0.5) is 5.95 Å². The summed E-state index contributed by atoms with van der Waals surface area (Å²) >= 11 is 0. The fourth-order valence-corrected chi connectivity index (χ4v) is 2.54. The van der Waals surface area contributed by atoms with Crippen LogP contribution in [0.2, 0.25) is 0 Å². The van der Waals surface area contributed by atoms with Crippen molar-refractivity contribution in [3.63, 3.8) is 0 Å². The second-order valence-corrected chi connectivity index (χ2v) is 5.26. The highest BCUT2D eigenvalue weighted by molar-refractivity contribution is 6.04. The lowest BCUT2D eigenvalue weighted by molar-refractivity contribution is 0.102. The van der Waals surface area contributed by atoms with Crippen LogP contribution in [0.15, 0.2) is 48.5 Å². The van der Waals surface area contributed by atoms with Crippen LogP contribution in [0, 0.1) is 0 Å². The molecule has 1 heterocycles. The average Bonchev–Trinajstić information content (AvgIpc) is 2.93. The number of amides is 1. The van der Waals surface area contributed by atoms with Gasteiger partial charge >= 0.3 is 0 Å². The molecule has 5 heteroatoms. The second-order valence-electron chi connectivity index (χ2n) is 5.26. The quantitative estimate of drug-likeness (QED) is 0.781. The van der Waals surface area contributed by atoms with E-state index in [1.54, 1.807) is 31.4 Å². The van der Waals surface area contributed by atoms with Gasteiger partial charge in [-0.3, -0.25) is 10.1 Å². The summed E-state index contributed by atoms with van der Waals surface area (Å²) in [6.07, 6.45) is 0.964. The van der Waals surface area contributed by atoms with Crippen molar-refractivity contribution in [1.29, 1.82) is 0 Å². The Hall–Kier alpha value is -2.82. The van der Waals surface area contributed by atoms with Gasteiger partial charge in [0.15, 0.2) is 0 Å². The molecule has 0 atom stereocenters. The van der Waals surface area contributed by atoms with E-state index in [0.717, 1.165) is 29.7 Å². The van der Waals surface area contributed by atoms with E-state index in [0.29, 0.717) is 11.5 Å². The van der Waals surface area contributed by atoms with Gasteiger partial charge in [0.2, 0.25) is 5.95 Å². The number of methoxy groups -OCH3 is 1. The first-order valence-corrected chi connectivity index (χ1v) is 7.63. The van der Waals surface area contributed by atoms with Gasteiger partial charge in [-0.2, -0.15) is 0 Å². The van der Waals surface area contributed by atoms with Gasteiger partial charge in [0.1, 0.15) is 5.75 Å². The molecule has 1 aromatic heterocycles. The molecule has 3 rings (SSSR count). The number of nitrogens with one attached hydrogen (secondary N) is 1. The molecule has 0 aliphatic rings. The zero-order chi connectivity index (χ0) is 16.2. The molecule has 1 N–H and O–H groups in total. The highest BCUT2D eigenvalue weighted by Crippen LogP contribution is 2.21. The Morgan fingerprint density at radius 2 is 1.91 bits per heavy atom. The fraction of sp³-hybridized carbons (Fsp3) is 0.222. The predicted molar refractivity (Wildman–Crippen MR) is 91.0 cm³/mol. The number of benzene rings is 2. The van der Waals surface area contributed by atoms with Crippen LogP contribution in [-0.2, 0) is 6.54 Å². The maximum Gasteiger partial charge on any atom is 0.257 e. The molecule has 0 fully saturated rings. The van der Waals surface area contributed by atoms with Gasteiger partial charge in [-0.05, 0) is 42.8 Å². The highest BCUT2D eigenvalue weighted by atomic mass is 16.5. The van der Waals surface area contributed by atoms with Crippen molar-refractivity contribution in [3.05, 3.63) is 54.1 Å². The molecule has 0 radical (unpaired) electrons. The Labute approximate surface area is 134 Å². The van der Waals surface area contributed by atoms with E-state index < -0.39 is 0 Å². The van der Waals surface area contributed by atoms with Gasteiger partial charge in [-0.25, -0.2) is 4.98 Å². The molecule has 0 aliphatic heterocycles. The molecule has 0 saturated carbocycles. The van der Waals surface area contributed by atoms with Crippen molar-refractivity contribution < 1.29 is 9.53 Å². The lowest BCUT2D eigenvalue weighted by atomic mass is 10.2. The van der Waals surface area contributed by atoms with Gasteiger partial charge in [0.25, 0.3) is 5.91 Å². The van der Waals surface area contributed by atoms with Crippen LogP contribution in [0.25, 0.3) is 11.0 Å². The summed E-state index contributed by atoms with van der Waals surface area (Å²) in [5, 5.41) is 2.91. The second kappa shape index (κ2) is 6.52. The number of para-hydroxylation sites is 2. The summed E-state index contributed by atoms with van der Waals surface area (Å²) in [6.45, 7) is 2.91. The number of ether oxygens (including phenoxy) is 1. The number of aryl methyl sites for hydroxylation is 1. The van der Waals surface area contributed by atoms with E-state index in [9.17, 15) is 4.79 Å². The third-order valence-electron chi connectivity index (χ3n) is 3.68. The van der Waals surface area contributed by atoms with Crippen molar-refractivity contribution in [1.82, 2.24) is 9.55 Å². The molecule has 2 aromatic carbocycles. The van der Waals surface area contributed by atoms with Crippen LogP contribution in [-0.4, -0.2) is 22.6 Å². The number of hydrogen-bond acceptors (Lipinski definition) is 3. The molecule has 0 spiro atoms. The molecule has 0 bridgehead atoms. The molecule has 23 heavy (non-hydrogen) atoms. The number of aromatic nitrogens is 2. The Balaban J connectivity index is 1.90. The van der Waals surface area contributed by atoms with Crippen LogP contribution >= 0.6 is 0 Å². The van der Waals surface area contributed by atoms with E-state index in [-0.39, 0.29) is 5.91 Å². The highest BCUT2D eigenvalue weighted by Gasteiger charge is 2.13. The third-order valence-corrected chi connectivity index (χ3v) is 3.68. The topological polar surface area (TPSA) is 56.2 Å². The van der Waals surface area contributed by atoms with Gasteiger partial charge in [-0.15, -0.1) is 0 Å². The zero-order valence-electron chi connectivity index (χ0n) is 13.2. The molecular formula is C18H19N3O2. The number of rotatable bonds is 5. The number of nitrogens with zero attached hydrogens (tertiary/aromatic N) is 2. The Morgan fingerprint density at radius 3 is 2.61 bits per heavy atom. The van der Waals surface area contributed by atoms with Crippen molar-refractivity contribution in [3.8, 4) is 5.75 Å². The van der Waals surface area contributed by atoms with Crippen molar-refractivity contribution >= 4 is 22.9 Å². The fourth-order valence-electron chi connectivity index (χ4n) is 2.54. The summed E-state index contributed by atoms with van der Waals surface area (Å²) in [5.74, 6) is 1.12. The Morgan fingerprint density at radius 1 is 1.17 bits per heavy atom. The van der Waals surface area contributed by atoms with E-state index in [1.807, 2.05) is 28.8 Å². The zero-order valence-corrected chi connectivity index (χ0v) is 13.2. The van der Waals surface area contributed by atoms with Gasteiger partial charge < -0.3 is 9.30 Å². The summed E-state index contributed by atoms with van der Waals surface area (Å²) in [4.78, 5) is 17.0. The van der Waals surface area contributed by atoms with Gasteiger partial charge in [-0.1, -0.05) is 19.1 Å². The summed E-state index contributed by atoms with van der Waals surface area (Å²) in [6, 6.07) is 14.9. The molecular weight excluding hydrogens is 290 g/mol. The number of carbonyl (C=O) groups excluding carboxylic acids is 1. The summed E-state index contributed by atoms with van der Waals surface area (Å²) < 4.78 is 7.15. The number of imidazole rings is 1. The van der Waals surface area contributed by atoms with Crippen LogP contribution in [0.3, 0.4) is 0 Å². The minimum atomic E-state index is -0.180. The van der Waals surface area contributed by atoms with E-state index in [2.05, 4.69) is 17.2 Å². The van der Waals surface area contributed by atoms with Crippen molar-refractivity contribution in [2.45, 2.75) is 19.9 Å². The summed E-state index contributed by atoms with van der Waals surface area (Å²) in [5.41, 5.74) is 2.48. The molecule has 5 nitrogen and oxygen atoms in total. The standard InChI is InChI=1S/C18H19N3O2/c1-3-12-21-16-7-5-4-6-15(16)19-18(21)20-17(22)13-8-10-14(23-2)11-9-13/h4-11H,3,12H2,1-2H3,(H,19,20,22). The van der Waals surface area contributed by atoms with Crippen molar-refractivity contribution in [2.24, 2.45) is 0 Å². The lowest BCUT2D eigenvalue weighted by Gasteiger charge is -2.09. The molecule has 0 aliphatic carbocycles. The minimum absolute atomic E-state index is 0.180. The SMILES string of the molecule is CCCn1c(NC(=O)c2ccc(OC)cc2)nc2ccccc21. The van der Waals surface area contributed by atoms with Crippen LogP contribution in [0.5, 0.6) is 5.75 Å². The third kappa shape index (κ3) is 3.04. The smallest absolute Gasteiger partial charge is 0.257 e. The maximum atomic E-state index is 12.4. The number of hydrogen-bond donors (Lipinski definition) is 1. The number of anilines is 1. The molecule has 0 saturated heterocycles. The lowest BCUT2D eigenvalue weighted by Crippen LogP contribution is -2.16. The van der Waals surface area contributed by atoms with E-state index in [1.165, 1.54) is 0 Å². The van der Waals surface area contributed by atoms with E-state index in [4.69, 9.17) is 4.74 Å². The predicted octanol–water partition coefficient (Wildman–Crippen LogP) is 3.71. The monoisotopic (exact) mass is 309 g/mol. The summed E-state index contributed by atoms with van der Waals surface area (Å²) in [7, 11) is 1.60. The first-order chi connectivity index (χ1) is 11.2.